The van der Waals surface area contributed by atoms with Gasteiger partial charge >= 0.3 is 0 Å². The monoisotopic (exact) mass is 509 g/mol. The number of carbonyl (C=O) groups excluding carboxylic acids is 1. The molecule has 2 rings (SSSR count). The van der Waals surface area contributed by atoms with Gasteiger partial charge in [0.1, 0.15) is 18.2 Å². The molecule has 1 aromatic carbocycles. The fourth-order valence-corrected chi connectivity index (χ4v) is 2.38. The van der Waals surface area contributed by atoms with E-state index >= 15 is 0 Å². The number of hydrogen-bond donors (Lipinski definition) is 3. The van der Waals surface area contributed by atoms with Crippen molar-refractivity contribution in [1.82, 2.24) is 15.6 Å². The van der Waals surface area contributed by atoms with E-state index in [1.54, 1.807) is 25.4 Å². The third-order valence-corrected chi connectivity index (χ3v) is 3.82. The van der Waals surface area contributed by atoms with Crippen molar-refractivity contribution in [3.05, 3.63) is 66.4 Å². The number of rotatable bonds is 9. The van der Waals surface area contributed by atoms with Crippen LogP contribution in [-0.4, -0.2) is 37.1 Å². The first-order valence-corrected chi connectivity index (χ1v) is 9.11. The molecule has 0 aliphatic rings. The fraction of sp³-hybridized carbons (Fsp3) is 0.286. The molecule has 2 aromatic rings. The van der Waals surface area contributed by atoms with Crippen molar-refractivity contribution >= 4 is 41.7 Å². The van der Waals surface area contributed by atoms with Crippen LogP contribution in [0.1, 0.15) is 17.5 Å². The zero-order chi connectivity index (χ0) is 20.2. The Balaban J connectivity index is 0.00000420. The Morgan fingerprint density at radius 1 is 1.24 bits per heavy atom. The van der Waals surface area contributed by atoms with Crippen molar-refractivity contribution in [2.24, 2.45) is 4.99 Å². The van der Waals surface area contributed by atoms with E-state index in [4.69, 9.17) is 4.74 Å². The highest BCUT2D eigenvalue weighted by molar-refractivity contribution is 14.0. The minimum absolute atomic E-state index is 0. The van der Waals surface area contributed by atoms with Crippen LogP contribution in [0.15, 0.2) is 60.2 Å². The van der Waals surface area contributed by atoms with Crippen molar-refractivity contribution in [3.8, 4) is 5.75 Å². The Hall–Kier alpha value is -2.62. The van der Waals surface area contributed by atoms with Crippen LogP contribution in [0.5, 0.6) is 5.75 Å². The number of nitrogens with one attached hydrogen (secondary N) is 3. The summed E-state index contributed by atoms with van der Waals surface area (Å²) in [6.07, 6.45) is 3.73. The number of carbonyl (C=O) groups is 1. The molecule has 1 aromatic heterocycles. The highest BCUT2D eigenvalue weighted by Crippen LogP contribution is 2.17. The zero-order valence-electron chi connectivity index (χ0n) is 16.8. The van der Waals surface area contributed by atoms with Crippen LogP contribution in [0.25, 0.3) is 0 Å². The van der Waals surface area contributed by atoms with Crippen molar-refractivity contribution in [1.29, 1.82) is 0 Å². The first-order valence-electron chi connectivity index (χ1n) is 9.11. The van der Waals surface area contributed by atoms with Crippen molar-refractivity contribution < 1.29 is 9.53 Å². The number of halogens is 1. The molecule has 0 radical (unpaired) electrons. The van der Waals surface area contributed by atoms with Gasteiger partial charge in [-0.1, -0.05) is 36.9 Å². The normalized spacial score (nSPS) is 10.5. The molecule has 8 heteroatoms. The number of benzene rings is 1. The zero-order valence-corrected chi connectivity index (χ0v) is 19.1. The van der Waals surface area contributed by atoms with E-state index < -0.39 is 0 Å². The number of aryl methyl sites for hydroxylation is 1. The van der Waals surface area contributed by atoms with Gasteiger partial charge in [0, 0.05) is 38.3 Å². The predicted octanol–water partition coefficient (Wildman–Crippen LogP) is 3.27. The predicted molar refractivity (Wildman–Crippen MR) is 128 cm³/mol. The molecule has 29 heavy (non-hydrogen) atoms. The Labute approximate surface area is 189 Å². The van der Waals surface area contributed by atoms with Gasteiger partial charge in [-0.3, -0.25) is 9.79 Å². The van der Waals surface area contributed by atoms with Crippen LogP contribution in [0, 0.1) is 6.92 Å². The van der Waals surface area contributed by atoms with E-state index in [0.29, 0.717) is 37.9 Å². The molecule has 0 aliphatic carbocycles. The number of anilines is 1. The lowest BCUT2D eigenvalue weighted by Gasteiger charge is -2.14. The molecule has 1 amide bonds. The Morgan fingerprint density at radius 3 is 2.72 bits per heavy atom. The van der Waals surface area contributed by atoms with Crippen LogP contribution in [0.4, 0.5) is 5.82 Å². The second kappa shape index (κ2) is 13.5. The molecular formula is C21H28IN5O2. The van der Waals surface area contributed by atoms with E-state index in [2.05, 4.69) is 32.5 Å². The van der Waals surface area contributed by atoms with Crippen molar-refractivity contribution in [3.63, 3.8) is 0 Å². The van der Waals surface area contributed by atoms with Gasteiger partial charge in [0.15, 0.2) is 5.96 Å². The lowest BCUT2D eigenvalue weighted by molar-refractivity contribution is -0.116. The molecule has 0 saturated heterocycles. The summed E-state index contributed by atoms with van der Waals surface area (Å²) < 4.78 is 5.65. The summed E-state index contributed by atoms with van der Waals surface area (Å²) in [4.78, 5) is 20.4. The number of aromatic nitrogens is 1. The first-order chi connectivity index (χ1) is 13.6. The number of guanidine groups is 1. The molecule has 0 unspecified atom stereocenters. The van der Waals surface area contributed by atoms with Crippen molar-refractivity contribution in [2.75, 3.05) is 25.5 Å². The van der Waals surface area contributed by atoms with Gasteiger partial charge in [0.05, 0.1) is 0 Å². The average Bonchev–Trinajstić information content (AvgIpc) is 2.71. The van der Waals surface area contributed by atoms with E-state index in [-0.39, 0.29) is 29.9 Å². The molecule has 3 N–H and O–H groups in total. The number of nitrogens with zero attached hydrogens (tertiary/aromatic N) is 2. The minimum atomic E-state index is -0.109. The van der Waals surface area contributed by atoms with Crippen molar-refractivity contribution in [2.45, 2.75) is 19.9 Å². The van der Waals surface area contributed by atoms with Gasteiger partial charge in [0.25, 0.3) is 0 Å². The first kappa shape index (κ1) is 24.4. The third-order valence-electron chi connectivity index (χ3n) is 3.82. The third kappa shape index (κ3) is 8.95. The largest absolute Gasteiger partial charge is 0.489 e. The van der Waals surface area contributed by atoms with Crippen LogP contribution in [0.3, 0.4) is 0 Å². The van der Waals surface area contributed by atoms with Gasteiger partial charge in [0.2, 0.25) is 5.91 Å². The maximum absolute atomic E-state index is 12.0. The fourth-order valence-electron chi connectivity index (χ4n) is 2.38. The smallest absolute Gasteiger partial charge is 0.227 e. The van der Waals surface area contributed by atoms with Crippen LogP contribution < -0.4 is 20.7 Å². The summed E-state index contributed by atoms with van der Waals surface area (Å²) in [5, 5.41) is 9.12. The molecule has 0 fully saturated rings. The number of pyridine rings is 1. The van der Waals surface area contributed by atoms with E-state index in [9.17, 15) is 4.79 Å². The summed E-state index contributed by atoms with van der Waals surface area (Å²) in [7, 11) is 1.69. The molecule has 1 heterocycles. The summed E-state index contributed by atoms with van der Waals surface area (Å²) in [6.45, 7) is 7.07. The maximum atomic E-state index is 12.0. The lowest BCUT2D eigenvalue weighted by atomic mass is 10.2. The number of aliphatic imine (C=N–C) groups is 1. The Morgan fingerprint density at radius 2 is 2.03 bits per heavy atom. The summed E-state index contributed by atoms with van der Waals surface area (Å²) in [5.74, 6) is 1.85. The molecule has 0 saturated carbocycles. The Kier molecular flexibility index (Phi) is 11.4. The van der Waals surface area contributed by atoms with E-state index in [1.165, 1.54) is 0 Å². The van der Waals surface area contributed by atoms with E-state index in [1.807, 2.05) is 37.3 Å². The van der Waals surface area contributed by atoms with Crippen LogP contribution >= 0.6 is 24.0 Å². The number of amides is 1. The number of ether oxygens (including phenoxy) is 1. The lowest BCUT2D eigenvalue weighted by Crippen LogP contribution is -2.38. The molecule has 0 bridgehead atoms. The molecule has 156 valence electrons. The number of para-hydroxylation sites is 1. The van der Waals surface area contributed by atoms with Gasteiger partial charge in [-0.2, -0.15) is 0 Å². The van der Waals surface area contributed by atoms with Gasteiger partial charge in [-0.05, 0) is 24.6 Å². The second-order valence-electron chi connectivity index (χ2n) is 6.08. The van der Waals surface area contributed by atoms with Gasteiger partial charge in [-0.15, -0.1) is 24.0 Å². The second-order valence-corrected chi connectivity index (χ2v) is 6.08. The quantitative estimate of drug-likeness (QED) is 0.209. The highest BCUT2D eigenvalue weighted by atomic mass is 127. The summed E-state index contributed by atoms with van der Waals surface area (Å²) in [5.41, 5.74) is 2.06. The van der Waals surface area contributed by atoms with Gasteiger partial charge in [-0.25, -0.2) is 4.98 Å². The topological polar surface area (TPSA) is 87.6 Å². The summed E-state index contributed by atoms with van der Waals surface area (Å²) in [6, 6.07) is 11.5. The average molecular weight is 509 g/mol. The molecular weight excluding hydrogens is 481 g/mol. The Bertz CT molecular complexity index is 809. The maximum Gasteiger partial charge on any atom is 0.227 e. The molecule has 0 spiro atoms. The summed E-state index contributed by atoms with van der Waals surface area (Å²) >= 11 is 0. The standard InChI is InChI=1S/C21H27N5O2.HI/c1-4-13-28-18-8-6-5-7-17(18)15-25-21(22-3)23-12-11-20(27)26-19-10-9-16(2)14-24-19;/h4-10,14H,1,11-13,15H2,2-3H3,(H2,22,23,25)(H,24,26,27);1H. The van der Waals surface area contributed by atoms with E-state index in [0.717, 1.165) is 16.9 Å². The van der Waals surface area contributed by atoms with Crippen LogP contribution in [0.2, 0.25) is 0 Å². The molecule has 7 nitrogen and oxygen atoms in total. The highest BCUT2D eigenvalue weighted by Gasteiger charge is 2.06. The minimum Gasteiger partial charge on any atom is -0.489 e. The SMILES string of the molecule is C=CCOc1ccccc1CNC(=NC)NCCC(=O)Nc1ccc(C)cn1.I. The number of hydrogen-bond acceptors (Lipinski definition) is 4. The van der Waals surface area contributed by atoms with Crippen LogP contribution in [-0.2, 0) is 11.3 Å². The molecule has 0 atom stereocenters. The van der Waals surface area contributed by atoms with Gasteiger partial charge < -0.3 is 20.7 Å². The molecule has 0 aliphatic heterocycles.